The molecule has 84 valence electrons. The van der Waals surface area contributed by atoms with Gasteiger partial charge < -0.3 is 15.9 Å². The van der Waals surface area contributed by atoms with E-state index in [2.05, 4.69) is 4.98 Å². The first-order chi connectivity index (χ1) is 7.59. The summed E-state index contributed by atoms with van der Waals surface area (Å²) >= 11 is 1.36. The lowest BCUT2D eigenvalue weighted by Crippen LogP contribution is -2.32. The van der Waals surface area contributed by atoms with Crippen LogP contribution in [0.25, 0.3) is 10.2 Å². The molecule has 2 aromatic rings. The Bertz CT molecular complexity index is 538. The van der Waals surface area contributed by atoms with Gasteiger partial charge in [-0.25, -0.2) is 4.98 Å². The maximum Gasteiger partial charge on any atom is 0.320 e. The van der Waals surface area contributed by atoms with Gasteiger partial charge in [-0.15, -0.1) is 11.3 Å². The van der Waals surface area contributed by atoms with Crippen molar-refractivity contribution in [1.29, 1.82) is 0 Å². The maximum atomic E-state index is 10.7. The third kappa shape index (κ3) is 1.84. The number of rotatable bonds is 3. The van der Waals surface area contributed by atoms with Gasteiger partial charge in [0.05, 0.1) is 10.2 Å². The Balaban J connectivity index is 2.42. The minimum atomic E-state index is -1.04. The molecule has 0 spiro atoms. The van der Waals surface area contributed by atoms with Gasteiger partial charge in [0.1, 0.15) is 17.3 Å². The fourth-order valence-electron chi connectivity index (χ4n) is 1.48. The molecular formula is C10H10N2O3S. The van der Waals surface area contributed by atoms with E-state index in [1.54, 1.807) is 11.6 Å². The lowest BCUT2D eigenvalue weighted by molar-refractivity contribution is -0.138. The van der Waals surface area contributed by atoms with Crippen molar-refractivity contribution >= 4 is 27.5 Å². The van der Waals surface area contributed by atoms with Crippen LogP contribution in [0.5, 0.6) is 5.75 Å². The highest BCUT2D eigenvalue weighted by Crippen LogP contribution is 2.30. The van der Waals surface area contributed by atoms with E-state index in [4.69, 9.17) is 10.8 Å². The Hall–Kier alpha value is -1.66. The Kier molecular flexibility index (Phi) is 2.76. The second kappa shape index (κ2) is 4.07. The monoisotopic (exact) mass is 238 g/mol. The van der Waals surface area contributed by atoms with Crippen LogP contribution in [0.2, 0.25) is 0 Å². The van der Waals surface area contributed by atoms with E-state index in [0.29, 0.717) is 5.52 Å². The summed E-state index contributed by atoms with van der Waals surface area (Å²) in [6.45, 7) is 0. The van der Waals surface area contributed by atoms with Crippen molar-refractivity contribution in [3.05, 3.63) is 23.2 Å². The molecule has 16 heavy (non-hydrogen) atoms. The van der Waals surface area contributed by atoms with Crippen molar-refractivity contribution in [3.8, 4) is 5.75 Å². The van der Waals surface area contributed by atoms with Crippen molar-refractivity contribution in [2.75, 3.05) is 0 Å². The van der Waals surface area contributed by atoms with E-state index in [9.17, 15) is 9.90 Å². The predicted octanol–water partition coefficient (Wildman–Crippen LogP) is 0.956. The quantitative estimate of drug-likeness (QED) is 0.740. The molecule has 6 heteroatoms. The summed E-state index contributed by atoms with van der Waals surface area (Å²) in [4.78, 5) is 14.7. The smallest absolute Gasteiger partial charge is 0.320 e. The van der Waals surface area contributed by atoms with Crippen LogP contribution in [-0.2, 0) is 11.2 Å². The maximum absolute atomic E-state index is 10.7. The van der Waals surface area contributed by atoms with E-state index >= 15 is 0 Å². The summed E-state index contributed by atoms with van der Waals surface area (Å²) in [5.41, 5.74) is 8.38. The molecule has 0 aliphatic carbocycles. The van der Waals surface area contributed by atoms with Crippen LogP contribution < -0.4 is 5.73 Å². The summed E-state index contributed by atoms with van der Waals surface area (Å²) in [6.07, 6.45) is 0.230. The van der Waals surface area contributed by atoms with Gasteiger partial charge in [-0.3, -0.25) is 4.79 Å². The molecule has 5 nitrogen and oxygen atoms in total. The number of aromatic hydroxyl groups is 1. The molecule has 0 unspecified atom stereocenters. The lowest BCUT2D eigenvalue weighted by atomic mass is 10.1. The normalized spacial score (nSPS) is 12.8. The van der Waals surface area contributed by atoms with Gasteiger partial charge in [0, 0.05) is 0 Å². The van der Waals surface area contributed by atoms with E-state index in [1.807, 2.05) is 0 Å². The van der Waals surface area contributed by atoms with E-state index in [-0.39, 0.29) is 12.2 Å². The van der Waals surface area contributed by atoms with Gasteiger partial charge in [0.2, 0.25) is 0 Å². The number of phenols is 1. The zero-order valence-corrected chi connectivity index (χ0v) is 9.07. The van der Waals surface area contributed by atoms with E-state index < -0.39 is 12.0 Å². The second-order valence-electron chi connectivity index (χ2n) is 3.42. The second-order valence-corrected chi connectivity index (χ2v) is 4.28. The first-order valence-corrected chi connectivity index (χ1v) is 5.50. The average molecular weight is 238 g/mol. The number of carbonyl (C=O) groups is 1. The number of aliphatic carboxylic acids is 1. The van der Waals surface area contributed by atoms with Crippen LogP contribution in [0.15, 0.2) is 17.6 Å². The van der Waals surface area contributed by atoms with Gasteiger partial charge in [-0.1, -0.05) is 6.07 Å². The van der Waals surface area contributed by atoms with Crippen molar-refractivity contribution in [1.82, 2.24) is 4.98 Å². The number of phenolic OH excluding ortho intramolecular Hbond substituents is 1. The number of thiazole rings is 1. The van der Waals surface area contributed by atoms with Crippen molar-refractivity contribution in [2.24, 2.45) is 5.73 Å². The van der Waals surface area contributed by atoms with Gasteiger partial charge in [0.25, 0.3) is 0 Å². The fourth-order valence-corrected chi connectivity index (χ4v) is 2.31. The van der Waals surface area contributed by atoms with Crippen molar-refractivity contribution < 1.29 is 15.0 Å². The van der Waals surface area contributed by atoms with Crippen LogP contribution in [0.4, 0.5) is 0 Å². The summed E-state index contributed by atoms with van der Waals surface area (Å²) in [7, 11) is 0. The van der Waals surface area contributed by atoms with E-state index in [1.165, 1.54) is 17.4 Å². The molecule has 0 bridgehead atoms. The van der Waals surface area contributed by atoms with Crippen LogP contribution >= 0.6 is 11.3 Å². The molecule has 0 saturated carbocycles. The zero-order chi connectivity index (χ0) is 11.7. The number of fused-ring (bicyclic) bond motifs is 1. The topological polar surface area (TPSA) is 96.4 Å². The molecule has 0 saturated heterocycles. The molecule has 1 heterocycles. The number of hydrogen-bond donors (Lipinski definition) is 3. The van der Waals surface area contributed by atoms with Gasteiger partial charge in [0.15, 0.2) is 0 Å². The Morgan fingerprint density at radius 1 is 1.56 bits per heavy atom. The minimum Gasteiger partial charge on any atom is -0.506 e. The molecule has 0 aliphatic heterocycles. The summed E-state index contributed by atoms with van der Waals surface area (Å²) in [5.74, 6) is -0.936. The number of hydrogen-bond acceptors (Lipinski definition) is 5. The minimum absolute atomic E-state index is 0.101. The zero-order valence-electron chi connectivity index (χ0n) is 8.25. The standard InChI is InChI=1S/C10H10N2O3S/c11-6(10(14)15)3-5-1-2-7(13)8-9(5)16-4-12-8/h1-2,4,6,13H,3,11H2,(H,14,15)/t6-/m0/s1. The molecule has 1 aromatic heterocycles. The molecule has 0 fully saturated rings. The largest absolute Gasteiger partial charge is 0.506 e. The number of carboxylic acids is 1. The predicted molar refractivity (Wildman–Crippen MR) is 60.6 cm³/mol. The Labute approximate surface area is 95.2 Å². The van der Waals surface area contributed by atoms with Crippen LogP contribution in [0.3, 0.4) is 0 Å². The first kappa shape index (κ1) is 10.8. The van der Waals surface area contributed by atoms with Gasteiger partial charge in [-0.2, -0.15) is 0 Å². The van der Waals surface area contributed by atoms with Crippen molar-refractivity contribution in [3.63, 3.8) is 0 Å². The molecule has 1 aromatic carbocycles. The average Bonchev–Trinajstić information content (AvgIpc) is 2.71. The number of nitrogens with two attached hydrogens (primary N) is 1. The highest BCUT2D eigenvalue weighted by Gasteiger charge is 2.15. The molecule has 2 rings (SSSR count). The van der Waals surface area contributed by atoms with Crippen molar-refractivity contribution in [2.45, 2.75) is 12.5 Å². The SMILES string of the molecule is N[C@@H](Cc1ccc(O)c2ncsc12)C(=O)O. The Morgan fingerprint density at radius 2 is 2.31 bits per heavy atom. The molecule has 0 amide bonds. The molecule has 0 radical (unpaired) electrons. The lowest BCUT2D eigenvalue weighted by Gasteiger charge is -2.07. The van der Waals surface area contributed by atoms with Crippen LogP contribution in [0, 0.1) is 0 Å². The number of nitrogens with zero attached hydrogens (tertiary/aromatic N) is 1. The van der Waals surface area contributed by atoms with Gasteiger partial charge in [-0.05, 0) is 18.1 Å². The molecule has 4 N–H and O–H groups in total. The summed E-state index contributed by atoms with van der Waals surface area (Å²) in [5, 5.41) is 18.3. The molecule has 0 aliphatic rings. The first-order valence-electron chi connectivity index (χ1n) is 4.62. The fraction of sp³-hybridized carbons (Fsp3) is 0.200. The van der Waals surface area contributed by atoms with Gasteiger partial charge >= 0.3 is 5.97 Å². The third-order valence-corrected chi connectivity index (χ3v) is 3.20. The summed E-state index contributed by atoms with van der Waals surface area (Å²) in [6, 6.07) is 2.25. The molecular weight excluding hydrogens is 228 g/mol. The number of benzene rings is 1. The number of carboxylic acid groups (broad SMARTS) is 1. The van der Waals surface area contributed by atoms with Crippen LogP contribution in [0.1, 0.15) is 5.56 Å². The Morgan fingerprint density at radius 3 is 3.00 bits per heavy atom. The highest BCUT2D eigenvalue weighted by atomic mass is 32.1. The van der Waals surface area contributed by atoms with Crippen LogP contribution in [-0.4, -0.2) is 27.2 Å². The highest BCUT2D eigenvalue weighted by molar-refractivity contribution is 7.17. The van der Waals surface area contributed by atoms with E-state index in [0.717, 1.165) is 10.3 Å². The summed E-state index contributed by atoms with van der Waals surface area (Å²) < 4.78 is 0.789. The third-order valence-electron chi connectivity index (χ3n) is 2.30. The number of aromatic nitrogens is 1. The molecule has 1 atom stereocenters.